The van der Waals surface area contributed by atoms with Gasteiger partial charge in [0.1, 0.15) is 0 Å². The highest BCUT2D eigenvalue weighted by Crippen LogP contribution is 2.31. The fourth-order valence-corrected chi connectivity index (χ4v) is 5.60. The lowest BCUT2D eigenvalue weighted by Gasteiger charge is -2.11. The Morgan fingerprint density at radius 1 is 1.10 bits per heavy atom. The lowest BCUT2D eigenvalue weighted by molar-refractivity contribution is 0.102. The van der Waals surface area contributed by atoms with Crippen LogP contribution in [0.5, 0.6) is 0 Å². The summed E-state index contributed by atoms with van der Waals surface area (Å²) in [7, 11) is -3.75. The van der Waals surface area contributed by atoms with Gasteiger partial charge in [0.2, 0.25) is 10.0 Å². The summed E-state index contributed by atoms with van der Waals surface area (Å²) in [5.41, 5.74) is 5.28. The van der Waals surface area contributed by atoms with Gasteiger partial charge >= 0.3 is 0 Å². The summed E-state index contributed by atoms with van der Waals surface area (Å²) in [5.74, 6) is -0.523. The Bertz CT molecular complexity index is 1230. The summed E-state index contributed by atoms with van der Waals surface area (Å²) in [5, 5.41) is 5.17. The van der Waals surface area contributed by atoms with E-state index in [9.17, 15) is 13.2 Å². The van der Waals surface area contributed by atoms with Crippen LogP contribution in [-0.4, -0.2) is 25.4 Å². The average Bonchev–Trinajstić information content (AvgIpc) is 3.07. The molecule has 0 aliphatic rings. The van der Waals surface area contributed by atoms with Gasteiger partial charge in [0.15, 0.2) is 5.13 Å². The van der Waals surface area contributed by atoms with Gasteiger partial charge in [-0.1, -0.05) is 29.3 Å². The Hall–Kier alpha value is -2.26. The zero-order valence-corrected chi connectivity index (χ0v) is 20.3. The van der Waals surface area contributed by atoms with Crippen LogP contribution < -0.4 is 10.0 Å². The van der Waals surface area contributed by atoms with Crippen molar-refractivity contribution < 1.29 is 13.2 Å². The van der Waals surface area contributed by atoms with Crippen molar-refractivity contribution in [1.29, 1.82) is 0 Å². The van der Waals surface area contributed by atoms with Crippen LogP contribution >= 0.6 is 22.9 Å². The summed E-state index contributed by atoms with van der Waals surface area (Å²) >= 11 is 7.47. The first-order chi connectivity index (χ1) is 14.5. The standard InChI is InChI=1S/C22H24ClN3O3S2/c1-12(2)26-31(28,29)16-6-7-18(23)17(10-16)21(27)25-22-24-19(11-30-22)20-14(4)8-13(3)9-15(20)5/h6-12,26H,1-5H3,(H,24,25,27). The number of amides is 1. The van der Waals surface area contributed by atoms with Crippen LogP contribution in [0.2, 0.25) is 5.02 Å². The maximum atomic E-state index is 12.8. The van der Waals surface area contributed by atoms with Crippen LogP contribution in [-0.2, 0) is 10.0 Å². The number of aromatic nitrogens is 1. The molecule has 1 aromatic heterocycles. The lowest BCUT2D eigenvalue weighted by atomic mass is 9.98. The van der Waals surface area contributed by atoms with Crippen molar-refractivity contribution in [3.05, 3.63) is 63.0 Å². The highest BCUT2D eigenvalue weighted by atomic mass is 35.5. The van der Waals surface area contributed by atoms with Crippen molar-refractivity contribution in [3.8, 4) is 11.3 Å². The number of anilines is 1. The lowest BCUT2D eigenvalue weighted by Crippen LogP contribution is -2.30. The van der Waals surface area contributed by atoms with Gasteiger partial charge in [0.25, 0.3) is 5.91 Å². The van der Waals surface area contributed by atoms with Gasteiger partial charge in [0, 0.05) is 17.0 Å². The van der Waals surface area contributed by atoms with E-state index in [-0.39, 0.29) is 21.5 Å². The Morgan fingerprint density at radius 2 is 1.74 bits per heavy atom. The summed E-state index contributed by atoms with van der Waals surface area (Å²) in [6.07, 6.45) is 0. The van der Waals surface area contributed by atoms with Crippen LogP contribution in [0.15, 0.2) is 40.6 Å². The minimum absolute atomic E-state index is 0.0264. The van der Waals surface area contributed by atoms with E-state index in [2.05, 4.69) is 27.2 Å². The third-order valence-corrected chi connectivity index (χ3v) is 7.28. The highest BCUT2D eigenvalue weighted by molar-refractivity contribution is 7.89. The molecule has 9 heteroatoms. The number of nitrogens with one attached hydrogen (secondary N) is 2. The van der Waals surface area contributed by atoms with Crippen molar-refractivity contribution in [2.24, 2.45) is 0 Å². The molecule has 1 amide bonds. The Labute approximate surface area is 191 Å². The quantitative estimate of drug-likeness (QED) is 0.502. The number of hydrogen-bond acceptors (Lipinski definition) is 5. The second-order valence-corrected chi connectivity index (χ2v) is 10.7. The SMILES string of the molecule is Cc1cc(C)c(-c2csc(NC(=O)c3cc(S(=O)(=O)NC(C)C)ccc3Cl)n2)c(C)c1. The van der Waals surface area contributed by atoms with E-state index >= 15 is 0 Å². The molecule has 0 atom stereocenters. The average molecular weight is 478 g/mol. The summed E-state index contributed by atoms with van der Waals surface area (Å²) < 4.78 is 27.4. The Morgan fingerprint density at radius 3 is 2.35 bits per heavy atom. The first kappa shape index (κ1) is 23.4. The molecule has 1 heterocycles. The second kappa shape index (κ2) is 9.08. The van der Waals surface area contributed by atoms with E-state index in [0.29, 0.717) is 5.13 Å². The van der Waals surface area contributed by atoms with Gasteiger partial charge in [-0.25, -0.2) is 18.1 Å². The topological polar surface area (TPSA) is 88.2 Å². The smallest absolute Gasteiger partial charge is 0.259 e. The second-order valence-electron chi connectivity index (χ2n) is 7.68. The zero-order chi connectivity index (χ0) is 22.9. The molecule has 3 aromatic rings. The van der Waals surface area contributed by atoms with Gasteiger partial charge in [0.05, 0.1) is 21.2 Å². The monoisotopic (exact) mass is 477 g/mol. The van der Waals surface area contributed by atoms with Crippen molar-refractivity contribution in [2.45, 2.75) is 45.6 Å². The third kappa shape index (κ3) is 5.33. The molecule has 0 radical (unpaired) electrons. The first-order valence-electron chi connectivity index (χ1n) is 9.65. The minimum atomic E-state index is -3.75. The fraction of sp³-hybridized carbons (Fsp3) is 0.273. The molecule has 0 aliphatic heterocycles. The molecule has 0 saturated carbocycles. The van der Waals surface area contributed by atoms with Crippen LogP contribution in [0.25, 0.3) is 11.3 Å². The van der Waals surface area contributed by atoms with E-state index in [4.69, 9.17) is 11.6 Å². The number of thiazole rings is 1. The van der Waals surface area contributed by atoms with E-state index in [1.54, 1.807) is 13.8 Å². The number of halogens is 1. The number of rotatable bonds is 6. The number of carbonyl (C=O) groups excluding carboxylic acids is 1. The molecule has 3 rings (SSSR count). The third-order valence-electron chi connectivity index (χ3n) is 4.54. The molecule has 0 saturated heterocycles. The maximum absolute atomic E-state index is 12.8. The normalized spacial score (nSPS) is 11.7. The van der Waals surface area contributed by atoms with Crippen LogP contribution in [0.3, 0.4) is 0 Å². The molecule has 0 fully saturated rings. The van der Waals surface area contributed by atoms with Crippen molar-refractivity contribution in [1.82, 2.24) is 9.71 Å². The van der Waals surface area contributed by atoms with Crippen LogP contribution in [0, 0.1) is 20.8 Å². The van der Waals surface area contributed by atoms with Gasteiger partial charge in [-0.15, -0.1) is 11.3 Å². The zero-order valence-electron chi connectivity index (χ0n) is 17.9. The number of benzene rings is 2. The van der Waals surface area contributed by atoms with Gasteiger partial charge < -0.3 is 0 Å². The van der Waals surface area contributed by atoms with E-state index in [1.165, 1.54) is 35.1 Å². The summed E-state index contributed by atoms with van der Waals surface area (Å²) in [6.45, 7) is 9.55. The molecule has 0 unspecified atom stereocenters. The fourth-order valence-electron chi connectivity index (χ4n) is 3.42. The highest BCUT2D eigenvalue weighted by Gasteiger charge is 2.20. The molecular weight excluding hydrogens is 454 g/mol. The van der Waals surface area contributed by atoms with Gasteiger partial charge in [-0.3, -0.25) is 10.1 Å². The van der Waals surface area contributed by atoms with E-state index < -0.39 is 15.9 Å². The predicted molar refractivity (Wildman–Crippen MR) is 127 cm³/mol. The molecular formula is C22H24ClN3O3S2. The largest absolute Gasteiger partial charge is 0.298 e. The van der Waals surface area contributed by atoms with Crippen molar-refractivity contribution in [2.75, 3.05) is 5.32 Å². The molecule has 0 spiro atoms. The predicted octanol–water partition coefficient (Wildman–Crippen LogP) is 5.33. The molecule has 31 heavy (non-hydrogen) atoms. The number of carbonyl (C=O) groups is 1. The maximum Gasteiger partial charge on any atom is 0.259 e. The number of nitrogens with zero attached hydrogens (tertiary/aromatic N) is 1. The first-order valence-corrected chi connectivity index (χ1v) is 12.4. The molecule has 2 N–H and O–H groups in total. The molecule has 2 aromatic carbocycles. The van der Waals surface area contributed by atoms with Crippen molar-refractivity contribution in [3.63, 3.8) is 0 Å². The van der Waals surface area contributed by atoms with Crippen LogP contribution in [0.1, 0.15) is 40.9 Å². The van der Waals surface area contributed by atoms with Gasteiger partial charge in [-0.05, 0) is 63.9 Å². The number of sulfonamides is 1. The van der Waals surface area contributed by atoms with E-state index in [1.807, 2.05) is 26.2 Å². The number of hydrogen-bond donors (Lipinski definition) is 2. The van der Waals surface area contributed by atoms with Crippen molar-refractivity contribution >= 4 is 44.0 Å². The molecule has 164 valence electrons. The summed E-state index contributed by atoms with van der Waals surface area (Å²) in [6, 6.07) is 7.95. The Balaban J connectivity index is 1.88. The Kier molecular flexibility index (Phi) is 6.85. The summed E-state index contributed by atoms with van der Waals surface area (Å²) in [4.78, 5) is 17.3. The number of aryl methyl sites for hydroxylation is 3. The van der Waals surface area contributed by atoms with Crippen LogP contribution in [0.4, 0.5) is 5.13 Å². The molecule has 0 aliphatic carbocycles. The van der Waals surface area contributed by atoms with E-state index in [0.717, 1.165) is 22.4 Å². The minimum Gasteiger partial charge on any atom is -0.298 e. The molecule has 6 nitrogen and oxygen atoms in total. The molecule has 0 bridgehead atoms. The van der Waals surface area contributed by atoms with Gasteiger partial charge in [-0.2, -0.15) is 0 Å².